The first-order valence-electron chi connectivity index (χ1n) is 18.4. The molecule has 3 aromatic heterocycles. The molecule has 256 valence electrons. The zero-order valence-corrected chi connectivity index (χ0v) is 30.1. The van der Waals surface area contributed by atoms with Crippen molar-refractivity contribution >= 4 is 64.1 Å². The van der Waals surface area contributed by atoms with Crippen LogP contribution in [-0.4, -0.2) is 19.5 Å². The minimum Gasteiger partial charge on any atom is -0.456 e. The number of benzene rings is 8. The van der Waals surface area contributed by atoms with Crippen molar-refractivity contribution in [2.45, 2.75) is 0 Å². The summed E-state index contributed by atoms with van der Waals surface area (Å²) >= 11 is 1.87. The van der Waals surface area contributed by atoms with Gasteiger partial charge in [0.1, 0.15) is 11.5 Å². The predicted molar refractivity (Wildman–Crippen MR) is 226 cm³/mol. The van der Waals surface area contributed by atoms with Crippen molar-refractivity contribution in [1.29, 1.82) is 0 Å². The van der Waals surface area contributed by atoms with Crippen LogP contribution in [0.3, 0.4) is 0 Å². The summed E-state index contributed by atoms with van der Waals surface area (Å²) in [4.78, 5) is 15.1. The van der Waals surface area contributed by atoms with E-state index in [0.29, 0.717) is 17.5 Å². The van der Waals surface area contributed by atoms with Crippen molar-refractivity contribution in [3.05, 3.63) is 170 Å². The number of nitrogens with zero attached hydrogens (tertiary/aromatic N) is 4. The normalized spacial score (nSPS) is 12.1. The van der Waals surface area contributed by atoms with Crippen LogP contribution in [0.2, 0.25) is 0 Å². The minimum atomic E-state index is 0.619. The summed E-state index contributed by atoms with van der Waals surface area (Å²) in [7, 11) is 0. The van der Waals surface area contributed by atoms with Crippen molar-refractivity contribution in [3.63, 3.8) is 0 Å². The lowest BCUT2D eigenvalue weighted by molar-refractivity contribution is 0.487. The molecule has 0 bridgehead atoms. The maximum Gasteiger partial charge on any atom is 0.164 e. The average molecular weight is 721 g/mol. The van der Waals surface area contributed by atoms with Gasteiger partial charge in [0.2, 0.25) is 0 Å². The van der Waals surface area contributed by atoms with Gasteiger partial charge in [-0.05, 0) is 53.4 Å². The molecule has 0 radical (unpaired) electrons. The molecule has 55 heavy (non-hydrogen) atoms. The molecule has 0 spiro atoms. The topological polar surface area (TPSA) is 52.8 Å². The van der Waals surface area contributed by atoms with E-state index in [-0.39, 0.29) is 0 Å². The van der Waals surface area contributed by atoms with Crippen LogP contribution in [0, 0.1) is 0 Å². The van der Waals surface area contributed by atoms with Crippen molar-refractivity contribution < 1.29 is 4.74 Å². The maximum absolute atomic E-state index is 6.72. The second-order valence-corrected chi connectivity index (χ2v) is 15.0. The largest absolute Gasteiger partial charge is 0.456 e. The highest BCUT2D eigenvalue weighted by molar-refractivity contribution is 7.26. The Bertz CT molecular complexity index is 3290. The van der Waals surface area contributed by atoms with E-state index in [9.17, 15) is 0 Å². The molecule has 5 nitrogen and oxygen atoms in total. The molecule has 0 amide bonds. The SMILES string of the molecule is c1ccc(-c2nc(-c3ccccc3)nc(-c3ccc4c5c(cccc35)-c3cc(-n5c6ccccc6c6ccc7c8ccccc8sc7c65)ccc3O4)n2)cc1. The van der Waals surface area contributed by atoms with E-state index in [2.05, 4.69) is 114 Å². The number of aromatic nitrogens is 4. The molecule has 1 aliphatic heterocycles. The number of ether oxygens (including phenoxy) is 1. The Hall–Kier alpha value is -7.15. The molecule has 0 unspecified atom stereocenters. The molecule has 0 saturated heterocycles. The minimum absolute atomic E-state index is 0.619. The van der Waals surface area contributed by atoms with Crippen LogP contribution in [-0.2, 0) is 0 Å². The second-order valence-electron chi connectivity index (χ2n) is 13.9. The van der Waals surface area contributed by atoms with Gasteiger partial charge in [-0.2, -0.15) is 0 Å². The van der Waals surface area contributed by atoms with E-state index < -0.39 is 0 Å². The third kappa shape index (κ3) is 4.55. The molecule has 8 aromatic carbocycles. The zero-order chi connectivity index (χ0) is 36.0. The molecule has 12 rings (SSSR count). The Balaban J connectivity index is 1.07. The Morgan fingerprint density at radius 3 is 1.89 bits per heavy atom. The van der Waals surface area contributed by atoms with Crippen LogP contribution in [0.25, 0.3) is 104 Å². The van der Waals surface area contributed by atoms with E-state index in [1.54, 1.807) is 0 Å². The third-order valence-electron chi connectivity index (χ3n) is 10.9. The number of hydrogen-bond donors (Lipinski definition) is 0. The first-order chi connectivity index (χ1) is 27.3. The highest BCUT2D eigenvalue weighted by atomic mass is 32.1. The van der Waals surface area contributed by atoms with Gasteiger partial charge in [0.15, 0.2) is 17.5 Å². The van der Waals surface area contributed by atoms with E-state index in [1.807, 2.05) is 72.0 Å². The third-order valence-corrected chi connectivity index (χ3v) is 12.0. The molecular formula is C49H28N4OS. The highest BCUT2D eigenvalue weighted by Crippen LogP contribution is 2.50. The summed E-state index contributed by atoms with van der Waals surface area (Å²) < 4.78 is 11.8. The van der Waals surface area contributed by atoms with Gasteiger partial charge in [-0.1, -0.05) is 127 Å². The van der Waals surface area contributed by atoms with Crippen LogP contribution in [0.5, 0.6) is 11.5 Å². The number of hydrogen-bond acceptors (Lipinski definition) is 5. The Morgan fingerprint density at radius 2 is 1.09 bits per heavy atom. The van der Waals surface area contributed by atoms with Crippen molar-refractivity contribution in [1.82, 2.24) is 19.5 Å². The van der Waals surface area contributed by atoms with E-state index >= 15 is 0 Å². The zero-order valence-electron chi connectivity index (χ0n) is 29.3. The highest BCUT2D eigenvalue weighted by Gasteiger charge is 2.25. The summed E-state index contributed by atoms with van der Waals surface area (Å²) in [5.41, 5.74) is 8.47. The molecule has 0 fully saturated rings. The fourth-order valence-electron chi connectivity index (χ4n) is 8.38. The van der Waals surface area contributed by atoms with Crippen molar-refractivity contribution in [3.8, 4) is 62.5 Å². The van der Waals surface area contributed by atoms with E-state index in [4.69, 9.17) is 19.7 Å². The fraction of sp³-hybridized carbons (Fsp3) is 0. The molecule has 6 heteroatoms. The maximum atomic E-state index is 6.72. The number of rotatable bonds is 4. The number of thiophene rings is 1. The van der Waals surface area contributed by atoms with Gasteiger partial charge in [0.25, 0.3) is 0 Å². The van der Waals surface area contributed by atoms with Crippen LogP contribution in [0.15, 0.2) is 170 Å². The Morgan fingerprint density at radius 1 is 0.436 bits per heavy atom. The van der Waals surface area contributed by atoms with E-state index in [1.165, 1.54) is 42.0 Å². The summed E-state index contributed by atoms with van der Waals surface area (Å²) in [6.07, 6.45) is 0. The summed E-state index contributed by atoms with van der Waals surface area (Å²) in [5, 5.41) is 7.14. The fourth-order valence-corrected chi connectivity index (χ4v) is 9.62. The van der Waals surface area contributed by atoms with Crippen LogP contribution in [0.1, 0.15) is 0 Å². The lowest BCUT2D eigenvalue weighted by atomic mass is 9.92. The van der Waals surface area contributed by atoms with Gasteiger partial charge < -0.3 is 9.30 Å². The molecule has 11 aromatic rings. The van der Waals surface area contributed by atoms with Gasteiger partial charge in [-0.3, -0.25) is 0 Å². The Kier molecular flexibility index (Phi) is 6.44. The Labute approximate surface area is 319 Å². The van der Waals surface area contributed by atoms with Crippen molar-refractivity contribution in [2.24, 2.45) is 0 Å². The summed E-state index contributed by atoms with van der Waals surface area (Å²) in [5.74, 6) is 3.54. The standard InChI is InChI=1S/C49H28N4OS/c1-3-12-29(13-4-1)47-50-48(30-14-5-2-6-15-30)52-49(51-47)38-25-27-42-44-34(38)18-11-19-35(44)39-28-31(22-26-41(39)54-42)53-40-20-9-7-16-32(40)36-23-24-37-33-17-8-10-21-43(33)55-46(37)45(36)53/h1-28H. The molecule has 0 atom stereocenters. The average Bonchev–Trinajstić information content (AvgIpc) is 3.80. The van der Waals surface area contributed by atoms with Crippen LogP contribution < -0.4 is 4.74 Å². The van der Waals surface area contributed by atoms with Crippen LogP contribution in [0.4, 0.5) is 0 Å². The van der Waals surface area contributed by atoms with Gasteiger partial charge in [0.05, 0.1) is 15.7 Å². The molecule has 0 N–H and O–H groups in total. The summed E-state index contributed by atoms with van der Waals surface area (Å²) in [6, 6.07) is 59.5. The lowest BCUT2D eigenvalue weighted by Crippen LogP contribution is -2.03. The first-order valence-corrected chi connectivity index (χ1v) is 19.2. The molecule has 0 saturated carbocycles. The van der Waals surface area contributed by atoms with E-state index in [0.717, 1.165) is 55.8 Å². The molecule has 1 aliphatic rings. The lowest BCUT2D eigenvalue weighted by Gasteiger charge is -2.23. The van der Waals surface area contributed by atoms with Crippen molar-refractivity contribution in [2.75, 3.05) is 0 Å². The molecule has 0 aliphatic carbocycles. The first kappa shape index (κ1) is 30.3. The number of fused-ring (bicyclic) bond motifs is 9. The van der Waals surface area contributed by atoms with Gasteiger partial charge in [-0.25, -0.2) is 15.0 Å². The molecular weight excluding hydrogens is 693 g/mol. The number of para-hydroxylation sites is 1. The summed E-state index contributed by atoms with van der Waals surface area (Å²) in [6.45, 7) is 0. The smallest absolute Gasteiger partial charge is 0.164 e. The van der Waals surface area contributed by atoms with Crippen LogP contribution >= 0.6 is 11.3 Å². The van der Waals surface area contributed by atoms with Gasteiger partial charge in [-0.15, -0.1) is 11.3 Å². The second kappa shape index (κ2) is 11.7. The predicted octanol–water partition coefficient (Wildman–Crippen LogP) is 13.3. The van der Waals surface area contributed by atoms with Gasteiger partial charge >= 0.3 is 0 Å². The quantitative estimate of drug-likeness (QED) is 0.182. The monoisotopic (exact) mass is 720 g/mol. The van der Waals surface area contributed by atoms with Gasteiger partial charge in [0, 0.05) is 59.6 Å². The molecule has 4 heterocycles.